The lowest BCUT2D eigenvalue weighted by molar-refractivity contribution is -0.145. The summed E-state index contributed by atoms with van der Waals surface area (Å²) in [5, 5.41) is 8.94. The standard InChI is InChI=1S/C16H22FNO3/c1-11(2)12(3)8-15(19)18(10-16(20)21)9-13-4-6-14(17)7-5-13/h4-7,11-12H,8-10H2,1-3H3,(H,20,21). The highest BCUT2D eigenvalue weighted by Gasteiger charge is 2.20. The van der Waals surface area contributed by atoms with E-state index in [9.17, 15) is 14.0 Å². The largest absolute Gasteiger partial charge is 0.480 e. The zero-order chi connectivity index (χ0) is 16.0. The number of benzene rings is 1. The van der Waals surface area contributed by atoms with Crippen molar-refractivity contribution >= 4 is 11.9 Å². The van der Waals surface area contributed by atoms with Crippen LogP contribution < -0.4 is 0 Å². The fourth-order valence-electron chi connectivity index (χ4n) is 1.85. The quantitative estimate of drug-likeness (QED) is 0.841. The van der Waals surface area contributed by atoms with Crippen LogP contribution in [-0.4, -0.2) is 28.4 Å². The van der Waals surface area contributed by atoms with Crippen molar-refractivity contribution < 1.29 is 19.1 Å². The number of nitrogens with zero attached hydrogens (tertiary/aromatic N) is 1. The number of hydrogen-bond donors (Lipinski definition) is 1. The molecule has 0 bridgehead atoms. The lowest BCUT2D eigenvalue weighted by Crippen LogP contribution is -2.36. The Morgan fingerprint density at radius 3 is 2.24 bits per heavy atom. The third kappa shape index (κ3) is 5.94. The highest BCUT2D eigenvalue weighted by atomic mass is 19.1. The minimum atomic E-state index is -1.05. The summed E-state index contributed by atoms with van der Waals surface area (Å²) in [4.78, 5) is 24.5. The molecule has 1 N–H and O–H groups in total. The minimum Gasteiger partial charge on any atom is -0.480 e. The number of halogens is 1. The Kier molecular flexibility index (Phi) is 6.34. The molecule has 1 unspecified atom stereocenters. The monoisotopic (exact) mass is 295 g/mol. The van der Waals surface area contributed by atoms with Crippen LogP contribution in [-0.2, 0) is 16.1 Å². The molecule has 1 rings (SSSR count). The second-order valence-corrected chi connectivity index (χ2v) is 5.70. The van der Waals surface area contributed by atoms with Crippen LogP contribution in [0, 0.1) is 17.7 Å². The smallest absolute Gasteiger partial charge is 0.323 e. The lowest BCUT2D eigenvalue weighted by atomic mass is 9.94. The first-order valence-electron chi connectivity index (χ1n) is 7.03. The topological polar surface area (TPSA) is 57.6 Å². The third-order valence-corrected chi connectivity index (χ3v) is 3.60. The summed E-state index contributed by atoms with van der Waals surface area (Å²) in [5.41, 5.74) is 0.711. The lowest BCUT2D eigenvalue weighted by Gasteiger charge is -2.24. The van der Waals surface area contributed by atoms with Crippen molar-refractivity contribution in [3.8, 4) is 0 Å². The normalized spacial score (nSPS) is 12.2. The molecule has 0 fully saturated rings. The van der Waals surface area contributed by atoms with Gasteiger partial charge in [0, 0.05) is 13.0 Å². The van der Waals surface area contributed by atoms with E-state index < -0.39 is 5.97 Å². The van der Waals surface area contributed by atoms with Crippen molar-refractivity contribution in [1.82, 2.24) is 4.90 Å². The van der Waals surface area contributed by atoms with Gasteiger partial charge in [0.25, 0.3) is 0 Å². The van der Waals surface area contributed by atoms with Crippen molar-refractivity contribution in [3.63, 3.8) is 0 Å². The van der Waals surface area contributed by atoms with E-state index in [1.165, 1.54) is 17.0 Å². The summed E-state index contributed by atoms with van der Waals surface area (Å²) in [6.45, 7) is 5.86. The van der Waals surface area contributed by atoms with Crippen LogP contribution in [0.15, 0.2) is 24.3 Å². The molecule has 0 radical (unpaired) electrons. The molecule has 1 amide bonds. The molecular formula is C16H22FNO3. The average Bonchev–Trinajstić information content (AvgIpc) is 2.39. The number of carbonyl (C=O) groups is 2. The fourth-order valence-corrected chi connectivity index (χ4v) is 1.85. The van der Waals surface area contributed by atoms with Crippen LogP contribution >= 0.6 is 0 Å². The van der Waals surface area contributed by atoms with E-state index >= 15 is 0 Å². The third-order valence-electron chi connectivity index (χ3n) is 3.60. The van der Waals surface area contributed by atoms with E-state index in [0.29, 0.717) is 17.9 Å². The average molecular weight is 295 g/mol. The van der Waals surface area contributed by atoms with Crippen LogP contribution in [0.25, 0.3) is 0 Å². The number of carboxylic acids is 1. The van der Waals surface area contributed by atoms with E-state index in [0.717, 1.165) is 0 Å². The van der Waals surface area contributed by atoms with Gasteiger partial charge in [-0.1, -0.05) is 32.9 Å². The number of carbonyl (C=O) groups excluding carboxylic acids is 1. The highest BCUT2D eigenvalue weighted by molar-refractivity contribution is 5.81. The summed E-state index contributed by atoms with van der Waals surface area (Å²) in [7, 11) is 0. The molecule has 0 spiro atoms. The molecule has 0 saturated heterocycles. The molecule has 0 aliphatic heterocycles. The molecular weight excluding hydrogens is 273 g/mol. The van der Waals surface area contributed by atoms with Crippen molar-refractivity contribution in [2.75, 3.05) is 6.54 Å². The summed E-state index contributed by atoms with van der Waals surface area (Å²) in [6, 6.07) is 5.72. The van der Waals surface area contributed by atoms with E-state index in [-0.39, 0.29) is 30.7 Å². The number of hydrogen-bond acceptors (Lipinski definition) is 2. The Morgan fingerprint density at radius 1 is 1.19 bits per heavy atom. The van der Waals surface area contributed by atoms with Gasteiger partial charge in [-0.2, -0.15) is 0 Å². The van der Waals surface area contributed by atoms with Crippen LogP contribution in [0.2, 0.25) is 0 Å². The summed E-state index contributed by atoms with van der Waals surface area (Å²) >= 11 is 0. The SMILES string of the molecule is CC(C)C(C)CC(=O)N(CC(=O)O)Cc1ccc(F)cc1. The summed E-state index contributed by atoms with van der Waals surface area (Å²) in [6.07, 6.45) is 0.312. The summed E-state index contributed by atoms with van der Waals surface area (Å²) in [5.74, 6) is -1.07. The molecule has 0 heterocycles. The predicted octanol–water partition coefficient (Wildman–Crippen LogP) is 2.92. The molecule has 4 nitrogen and oxygen atoms in total. The van der Waals surface area contributed by atoms with Crippen LogP contribution in [0.4, 0.5) is 4.39 Å². The Balaban J connectivity index is 2.77. The molecule has 5 heteroatoms. The molecule has 1 atom stereocenters. The molecule has 0 aliphatic carbocycles. The fraction of sp³-hybridized carbons (Fsp3) is 0.500. The van der Waals surface area contributed by atoms with Gasteiger partial charge in [0.15, 0.2) is 0 Å². The van der Waals surface area contributed by atoms with E-state index in [1.807, 2.05) is 20.8 Å². The van der Waals surface area contributed by atoms with Gasteiger partial charge < -0.3 is 10.0 Å². The Bertz CT molecular complexity index is 485. The zero-order valence-corrected chi connectivity index (χ0v) is 12.7. The second kappa shape index (κ2) is 7.76. The van der Waals surface area contributed by atoms with Gasteiger partial charge in [-0.15, -0.1) is 0 Å². The van der Waals surface area contributed by atoms with Gasteiger partial charge in [0.1, 0.15) is 12.4 Å². The van der Waals surface area contributed by atoms with E-state index in [4.69, 9.17) is 5.11 Å². The first-order chi connectivity index (χ1) is 9.79. The van der Waals surface area contributed by atoms with Crippen molar-refractivity contribution in [2.24, 2.45) is 11.8 Å². The minimum absolute atomic E-state index is 0.177. The molecule has 0 aromatic heterocycles. The maximum Gasteiger partial charge on any atom is 0.323 e. The molecule has 0 aliphatic rings. The van der Waals surface area contributed by atoms with Gasteiger partial charge in [0.05, 0.1) is 0 Å². The van der Waals surface area contributed by atoms with Crippen molar-refractivity contribution in [1.29, 1.82) is 0 Å². The molecule has 0 saturated carbocycles. The molecule has 1 aromatic carbocycles. The van der Waals surface area contributed by atoms with Crippen molar-refractivity contribution in [3.05, 3.63) is 35.6 Å². The molecule has 21 heavy (non-hydrogen) atoms. The Hall–Kier alpha value is -1.91. The number of carboxylic acid groups (broad SMARTS) is 1. The summed E-state index contributed by atoms with van der Waals surface area (Å²) < 4.78 is 12.9. The Morgan fingerprint density at radius 2 is 1.76 bits per heavy atom. The number of amides is 1. The van der Waals surface area contributed by atoms with Crippen LogP contribution in [0.5, 0.6) is 0 Å². The van der Waals surface area contributed by atoms with Gasteiger partial charge >= 0.3 is 5.97 Å². The van der Waals surface area contributed by atoms with Gasteiger partial charge in [-0.25, -0.2) is 4.39 Å². The zero-order valence-electron chi connectivity index (χ0n) is 12.7. The van der Waals surface area contributed by atoms with Crippen LogP contribution in [0.1, 0.15) is 32.8 Å². The Labute approximate surface area is 124 Å². The maximum absolute atomic E-state index is 12.9. The van der Waals surface area contributed by atoms with E-state index in [1.54, 1.807) is 12.1 Å². The van der Waals surface area contributed by atoms with Gasteiger partial charge in [0.2, 0.25) is 5.91 Å². The molecule has 116 valence electrons. The first kappa shape index (κ1) is 17.1. The highest BCUT2D eigenvalue weighted by Crippen LogP contribution is 2.16. The number of aliphatic carboxylic acids is 1. The van der Waals surface area contributed by atoms with E-state index in [2.05, 4.69) is 0 Å². The van der Waals surface area contributed by atoms with Crippen molar-refractivity contribution in [2.45, 2.75) is 33.7 Å². The van der Waals surface area contributed by atoms with Crippen LogP contribution in [0.3, 0.4) is 0 Å². The molecule has 1 aromatic rings. The predicted molar refractivity (Wildman–Crippen MR) is 78.1 cm³/mol. The first-order valence-corrected chi connectivity index (χ1v) is 7.03. The maximum atomic E-state index is 12.9. The van der Waals surface area contributed by atoms with Gasteiger partial charge in [-0.3, -0.25) is 9.59 Å². The second-order valence-electron chi connectivity index (χ2n) is 5.70. The van der Waals surface area contributed by atoms with Gasteiger partial charge in [-0.05, 0) is 29.5 Å². The number of rotatable bonds is 7.